The Kier molecular flexibility index (Phi) is 7.24. The number of hydrogen-bond acceptors (Lipinski definition) is 3. The number of benzene rings is 2. The Morgan fingerprint density at radius 1 is 1.13 bits per heavy atom. The molecule has 2 aromatic carbocycles. The summed E-state index contributed by atoms with van der Waals surface area (Å²) in [5.41, 5.74) is 1.39. The van der Waals surface area contributed by atoms with E-state index in [1.165, 1.54) is 0 Å². The number of carbonyl (C=O) groups is 1. The SMILES string of the molecule is C=C(/C=C\C=C/C)[C@@H]1OC(c2ccccc2)=N[C@]1(Cc1ccccc1)C(=O)NC(C)C. The van der Waals surface area contributed by atoms with Crippen molar-refractivity contribution in [3.63, 3.8) is 0 Å². The Morgan fingerprint density at radius 2 is 1.77 bits per heavy atom. The van der Waals surface area contributed by atoms with Gasteiger partial charge in [0.1, 0.15) is 0 Å². The highest BCUT2D eigenvalue weighted by Gasteiger charge is 2.53. The molecule has 0 aliphatic carbocycles. The van der Waals surface area contributed by atoms with Crippen molar-refractivity contribution in [3.8, 4) is 0 Å². The van der Waals surface area contributed by atoms with Gasteiger partial charge in [0.15, 0.2) is 11.6 Å². The molecule has 0 bridgehead atoms. The van der Waals surface area contributed by atoms with Gasteiger partial charge in [-0.15, -0.1) is 0 Å². The van der Waals surface area contributed by atoms with E-state index < -0.39 is 11.6 Å². The minimum atomic E-state index is -1.16. The zero-order valence-corrected chi connectivity index (χ0v) is 18.4. The van der Waals surface area contributed by atoms with Crippen molar-refractivity contribution in [2.24, 2.45) is 4.99 Å². The number of nitrogens with one attached hydrogen (secondary N) is 1. The van der Waals surface area contributed by atoms with E-state index in [2.05, 4.69) is 11.9 Å². The van der Waals surface area contributed by atoms with Gasteiger partial charge in [0.05, 0.1) is 0 Å². The second-order valence-electron chi connectivity index (χ2n) is 7.96. The van der Waals surface area contributed by atoms with Crippen LogP contribution in [0.3, 0.4) is 0 Å². The van der Waals surface area contributed by atoms with Gasteiger partial charge in [-0.25, -0.2) is 4.99 Å². The monoisotopic (exact) mass is 414 g/mol. The highest BCUT2D eigenvalue weighted by Crippen LogP contribution is 2.36. The van der Waals surface area contributed by atoms with E-state index in [1.54, 1.807) is 0 Å². The van der Waals surface area contributed by atoms with Crippen LogP contribution in [-0.4, -0.2) is 29.5 Å². The van der Waals surface area contributed by atoms with Gasteiger partial charge in [0.25, 0.3) is 5.91 Å². The van der Waals surface area contributed by atoms with Crippen LogP contribution in [0.4, 0.5) is 0 Å². The summed E-state index contributed by atoms with van der Waals surface area (Å²) in [6.45, 7) is 10.1. The van der Waals surface area contributed by atoms with Gasteiger partial charge in [0, 0.05) is 18.0 Å². The van der Waals surface area contributed by atoms with Gasteiger partial charge in [0.2, 0.25) is 5.90 Å². The lowest BCUT2D eigenvalue weighted by atomic mass is 9.82. The summed E-state index contributed by atoms with van der Waals surface area (Å²) in [5.74, 6) is 0.295. The van der Waals surface area contributed by atoms with Crippen LogP contribution in [0.25, 0.3) is 0 Å². The Balaban J connectivity index is 2.12. The molecule has 31 heavy (non-hydrogen) atoms. The molecular formula is C27H30N2O2. The Morgan fingerprint density at radius 3 is 2.39 bits per heavy atom. The molecule has 4 nitrogen and oxygen atoms in total. The molecule has 3 rings (SSSR count). The molecule has 0 spiro atoms. The van der Waals surface area contributed by atoms with Crippen molar-refractivity contribution < 1.29 is 9.53 Å². The molecule has 0 saturated carbocycles. The third kappa shape index (κ3) is 5.21. The number of amides is 1. The van der Waals surface area contributed by atoms with Gasteiger partial charge in [-0.05, 0) is 44.0 Å². The molecule has 2 aromatic rings. The fourth-order valence-electron chi connectivity index (χ4n) is 3.63. The standard InChI is InChI=1S/C27H30N2O2/c1-5-6-9-14-21(4)24-27(26(30)28-20(2)3,19-22-15-10-7-11-16-22)29-25(31-24)23-17-12-8-13-18-23/h5-18,20,24H,4,19H2,1-3H3,(H,28,30)/b6-5-,14-9-/t24-,27-/m0/s1. The molecule has 1 amide bonds. The van der Waals surface area contributed by atoms with Crippen LogP contribution in [0.15, 0.2) is 102 Å². The Hall–Kier alpha value is -3.40. The highest BCUT2D eigenvalue weighted by molar-refractivity contribution is 6.01. The Bertz CT molecular complexity index is 990. The van der Waals surface area contributed by atoms with Crippen molar-refractivity contribution in [2.75, 3.05) is 0 Å². The average molecular weight is 415 g/mol. The van der Waals surface area contributed by atoms with E-state index in [4.69, 9.17) is 9.73 Å². The average Bonchev–Trinajstić information content (AvgIpc) is 3.15. The first-order valence-electron chi connectivity index (χ1n) is 10.6. The van der Waals surface area contributed by atoms with E-state index in [0.717, 1.165) is 11.1 Å². The minimum absolute atomic E-state index is 0.0244. The Labute approximate surface area is 185 Å². The third-order valence-electron chi connectivity index (χ3n) is 5.07. The van der Waals surface area contributed by atoms with Gasteiger partial charge in [-0.2, -0.15) is 0 Å². The van der Waals surface area contributed by atoms with E-state index in [1.807, 2.05) is 106 Å². The molecule has 0 saturated heterocycles. The van der Waals surface area contributed by atoms with Crippen LogP contribution in [0.1, 0.15) is 31.9 Å². The van der Waals surface area contributed by atoms with Gasteiger partial charge < -0.3 is 10.1 Å². The van der Waals surface area contributed by atoms with Crippen molar-refractivity contribution >= 4 is 11.8 Å². The minimum Gasteiger partial charge on any atom is -0.466 e. The van der Waals surface area contributed by atoms with Crippen molar-refractivity contribution in [1.82, 2.24) is 5.32 Å². The fraction of sp³-hybridized carbons (Fsp3) is 0.259. The molecule has 0 fully saturated rings. The first-order valence-corrected chi connectivity index (χ1v) is 10.6. The van der Waals surface area contributed by atoms with Crippen LogP contribution >= 0.6 is 0 Å². The third-order valence-corrected chi connectivity index (χ3v) is 5.07. The summed E-state index contributed by atoms with van der Waals surface area (Å²) in [5, 5.41) is 3.06. The summed E-state index contributed by atoms with van der Waals surface area (Å²) >= 11 is 0. The maximum Gasteiger partial charge on any atom is 0.252 e. The molecule has 1 heterocycles. The van der Waals surface area contributed by atoms with Crippen molar-refractivity contribution in [2.45, 2.75) is 44.9 Å². The summed E-state index contributed by atoms with van der Waals surface area (Å²) in [7, 11) is 0. The van der Waals surface area contributed by atoms with Gasteiger partial charge in [-0.3, -0.25) is 4.79 Å². The topological polar surface area (TPSA) is 50.7 Å². The van der Waals surface area contributed by atoms with Gasteiger partial charge in [-0.1, -0.05) is 79.4 Å². The molecule has 0 aromatic heterocycles. The van der Waals surface area contributed by atoms with E-state index in [-0.39, 0.29) is 11.9 Å². The van der Waals surface area contributed by atoms with Crippen LogP contribution in [0, 0.1) is 0 Å². The number of allylic oxidation sites excluding steroid dienone is 3. The highest BCUT2D eigenvalue weighted by atomic mass is 16.5. The first-order chi connectivity index (χ1) is 15.0. The first kappa shape index (κ1) is 22.3. The molecule has 1 aliphatic rings. The zero-order chi connectivity index (χ0) is 22.3. The second kappa shape index (κ2) is 10.1. The molecular weight excluding hydrogens is 384 g/mol. The quantitative estimate of drug-likeness (QED) is 0.616. The van der Waals surface area contributed by atoms with Crippen molar-refractivity contribution in [1.29, 1.82) is 0 Å². The van der Waals surface area contributed by atoms with E-state index in [0.29, 0.717) is 17.9 Å². The number of hydrogen-bond donors (Lipinski definition) is 1. The number of aliphatic imine (C=N–C) groups is 1. The predicted octanol–water partition coefficient (Wildman–Crippen LogP) is 5.03. The lowest BCUT2D eigenvalue weighted by molar-refractivity contribution is -0.128. The lowest BCUT2D eigenvalue weighted by Crippen LogP contribution is -2.55. The van der Waals surface area contributed by atoms with Crippen LogP contribution in [0.5, 0.6) is 0 Å². The number of carbonyl (C=O) groups excluding carboxylic acids is 1. The molecule has 0 unspecified atom stereocenters. The largest absolute Gasteiger partial charge is 0.466 e. The van der Waals surface area contributed by atoms with E-state index >= 15 is 0 Å². The summed E-state index contributed by atoms with van der Waals surface area (Å²) in [6.07, 6.45) is 7.43. The van der Waals surface area contributed by atoms with Crippen LogP contribution in [0.2, 0.25) is 0 Å². The van der Waals surface area contributed by atoms with Crippen molar-refractivity contribution in [3.05, 3.63) is 108 Å². The van der Waals surface area contributed by atoms with Crippen LogP contribution in [-0.2, 0) is 16.0 Å². The molecule has 2 atom stereocenters. The fourth-order valence-corrected chi connectivity index (χ4v) is 3.63. The molecule has 160 valence electrons. The van der Waals surface area contributed by atoms with E-state index in [9.17, 15) is 4.79 Å². The summed E-state index contributed by atoms with van der Waals surface area (Å²) < 4.78 is 6.35. The zero-order valence-electron chi connectivity index (χ0n) is 18.4. The predicted molar refractivity (Wildman–Crippen MR) is 127 cm³/mol. The molecule has 1 N–H and O–H groups in total. The summed E-state index contributed by atoms with van der Waals surface area (Å²) in [6, 6.07) is 19.6. The maximum absolute atomic E-state index is 13.6. The lowest BCUT2D eigenvalue weighted by Gasteiger charge is -2.31. The number of nitrogens with zero attached hydrogens (tertiary/aromatic N) is 1. The normalized spacial score (nSPS) is 20.8. The molecule has 1 aliphatic heterocycles. The molecule has 4 heteroatoms. The number of ether oxygens (including phenoxy) is 1. The van der Waals surface area contributed by atoms with Crippen LogP contribution < -0.4 is 5.32 Å². The summed E-state index contributed by atoms with van der Waals surface area (Å²) in [4.78, 5) is 18.6. The molecule has 0 radical (unpaired) electrons. The van der Waals surface area contributed by atoms with Gasteiger partial charge >= 0.3 is 0 Å². The maximum atomic E-state index is 13.6. The smallest absolute Gasteiger partial charge is 0.252 e. The number of rotatable bonds is 8. The second-order valence-corrected chi connectivity index (χ2v) is 7.96.